The molecule has 0 saturated carbocycles. The lowest BCUT2D eigenvalue weighted by molar-refractivity contribution is 1.41. The van der Waals surface area contributed by atoms with Gasteiger partial charge in [-0.05, 0) is 27.7 Å². The Balaban J connectivity index is 2.71. The molecule has 0 unspecified atom stereocenters. The third-order valence-corrected chi connectivity index (χ3v) is 4.65. The maximum absolute atomic E-state index is 2.33. The SMILES string of the molecule is CC(C)=C[Si]c1cccc([Si]C=C(C)C)c1. The molecule has 82 valence electrons. The van der Waals surface area contributed by atoms with E-state index in [2.05, 4.69) is 63.4 Å². The summed E-state index contributed by atoms with van der Waals surface area (Å²) in [5.74, 6) is 0. The van der Waals surface area contributed by atoms with Crippen molar-refractivity contribution in [3.8, 4) is 0 Å². The zero-order valence-electron chi connectivity index (χ0n) is 10.5. The molecule has 0 aliphatic rings. The first-order chi connectivity index (χ1) is 7.58. The van der Waals surface area contributed by atoms with Crippen LogP contribution in [0.15, 0.2) is 46.8 Å². The van der Waals surface area contributed by atoms with Crippen molar-refractivity contribution in [3.05, 3.63) is 46.8 Å². The smallest absolute Gasteiger partial charge is 0.0947 e. The Morgan fingerprint density at radius 1 is 0.875 bits per heavy atom. The summed E-state index contributed by atoms with van der Waals surface area (Å²) in [6, 6.07) is 8.93. The van der Waals surface area contributed by atoms with E-state index in [0.717, 1.165) is 19.0 Å². The van der Waals surface area contributed by atoms with Gasteiger partial charge in [-0.3, -0.25) is 0 Å². The van der Waals surface area contributed by atoms with Crippen molar-refractivity contribution in [2.45, 2.75) is 27.7 Å². The summed E-state index contributed by atoms with van der Waals surface area (Å²) in [6.45, 7) is 8.62. The molecule has 1 aromatic carbocycles. The van der Waals surface area contributed by atoms with Crippen LogP contribution in [-0.4, -0.2) is 19.0 Å². The summed E-state index contributed by atoms with van der Waals surface area (Å²) in [4.78, 5) is 0. The second-order valence-electron chi connectivity index (χ2n) is 4.31. The fraction of sp³-hybridized carbons (Fsp3) is 0.286. The summed E-state index contributed by atoms with van der Waals surface area (Å²) in [5.41, 5.74) is 7.41. The van der Waals surface area contributed by atoms with Crippen LogP contribution in [0.1, 0.15) is 27.7 Å². The lowest BCUT2D eigenvalue weighted by Gasteiger charge is -2.00. The molecule has 0 amide bonds. The van der Waals surface area contributed by atoms with Gasteiger partial charge in [-0.2, -0.15) is 0 Å². The Kier molecular flexibility index (Phi) is 5.49. The minimum atomic E-state index is 0.802. The normalized spacial score (nSPS) is 9.75. The molecule has 0 heterocycles. The summed E-state index contributed by atoms with van der Waals surface area (Å²) in [7, 11) is 1.60. The molecule has 0 atom stereocenters. The minimum Gasteiger partial charge on any atom is -0.0947 e. The molecule has 4 radical (unpaired) electrons. The van der Waals surface area contributed by atoms with E-state index in [4.69, 9.17) is 0 Å². The summed E-state index contributed by atoms with van der Waals surface area (Å²) in [6.07, 6.45) is 0. The Bertz CT molecular complexity index is 360. The number of benzene rings is 1. The first-order valence-corrected chi connectivity index (χ1v) is 7.63. The van der Waals surface area contributed by atoms with Gasteiger partial charge >= 0.3 is 0 Å². The number of allylic oxidation sites excluding steroid dienone is 2. The maximum atomic E-state index is 2.33. The van der Waals surface area contributed by atoms with Crippen LogP contribution in [0.2, 0.25) is 0 Å². The zero-order chi connectivity index (χ0) is 12.0. The minimum absolute atomic E-state index is 0.802. The molecular weight excluding hydrogens is 224 g/mol. The Labute approximate surface area is 104 Å². The lowest BCUT2D eigenvalue weighted by atomic mass is 10.4. The van der Waals surface area contributed by atoms with Gasteiger partial charge in [-0.15, -0.1) is 0 Å². The molecule has 2 heteroatoms. The number of rotatable bonds is 4. The van der Waals surface area contributed by atoms with Crippen LogP contribution in [-0.2, 0) is 0 Å². The highest BCUT2D eigenvalue weighted by molar-refractivity contribution is 6.62. The summed E-state index contributed by atoms with van der Waals surface area (Å²) >= 11 is 0. The standard InChI is InChI=1S/C14H18Si2/c1-11(2)9-15-13-6-5-7-14(8-13)16-10-12(3)4/h5-10H,1-4H3. The van der Waals surface area contributed by atoms with E-state index in [1.165, 1.54) is 21.5 Å². The van der Waals surface area contributed by atoms with Crippen molar-refractivity contribution < 1.29 is 0 Å². The highest BCUT2D eigenvalue weighted by atomic mass is 28.2. The first kappa shape index (κ1) is 13.2. The van der Waals surface area contributed by atoms with Crippen molar-refractivity contribution in [2.75, 3.05) is 0 Å². The molecule has 1 aromatic rings. The highest BCUT2D eigenvalue weighted by Gasteiger charge is 1.95. The molecule has 0 saturated heterocycles. The van der Waals surface area contributed by atoms with Gasteiger partial charge in [0.05, 0.1) is 0 Å². The van der Waals surface area contributed by atoms with E-state index in [-0.39, 0.29) is 0 Å². The van der Waals surface area contributed by atoms with Gasteiger partial charge in [0.2, 0.25) is 0 Å². The van der Waals surface area contributed by atoms with Crippen LogP contribution in [0.3, 0.4) is 0 Å². The molecule has 16 heavy (non-hydrogen) atoms. The van der Waals surface area contributed by atoms with Crippen molar-refractivity contribution in [1.82, 2.24) is 0 Å². The third kappa shape index (κ3) is 5.28. The molecule has 0 N–H and O–H groups in total. The predicted molar refractivity (Wildman–Crippen MR) is 76.1 cm³/mol. The van der Waals surface area contributed by atoms with Gasteiger partial charge in [-0.25, -0.2) is 0 Å². The topological polar surface area (TPSA) is 0 Å². The van der Waals surface area contributed by atoms with E-state index in [9.17, 15) is 0 Å². The molecule has 0 bridgehead atoms. The monoisotopic (exact) mass is 242 g/mol. The van der Waals surface area contributed by atoms with Gasteiger partial charge in [0.1, 0.15) is 19.0 Å². The summed E-state index contributed by atoms with van der Waals surface area (Å²) in [5, 5.41) is 2.88. The first-order valence-electron chi connectivity index (χ1n) is 5.48. The van der Waals surface area contributed by atoms with E-state index in [1.54, 1.807) is 0 Å². The van der Waals surface area contributed by atoms with Gasteiger partial charge < -0.3 is 0 Å². The fourth-order valence-electron chi connectivity index (χ4n) is 1.15. The molecule has 0 nitrogen and oxygen atoms in total. The van der Waals surface area contributed by atoms with Gasteiger partial charge in [-0.1, -0.05) is 57.2 Å². The van der Waals surface area contributed by atoms with Crippen LogP contribution in [0, 0.1) is 0 Å². The van der Waals surface area contributed by atoms with Gasteiger partial charge in [0.15, 0.2) is 0 Å². The molecular formula is C14H18Si2. The second kappa shape index (κ2) is 6.66. The highest BCUT2D eigenvalue weighted by Crippen LogP contribution is 1.89. The largest absolute Gasteiger partial charge is 0.111 e. The van der Waals surface area contributed by atoms with Crippen LogP contribution in [0.4, 0.5) is 0 Å². The molecule has 1 rings (SSSR count). The van der Waals surface area contributed by atoms with Crippen molar-refractivity contribution >= 4 is 29.4 Å². The van der Waals surface area contributed by atoms with Crippen molar-refractivity contribution in [2.24, 2.45) is 0 Å². The number of hydrogen-bond donors (Lipinski definition) is 0. The van der Waals surface area contributed by atoms with Crippen LogP contribution >= 0.6 is 0 Å². The van der Waals surface area contributed by atoms with E-state index in [0.29, 0.717) is 0 Å². The van der Waals surface area contributed by atoms with Crippen LogP contribution in [0.25, 0.3) is 0 Å². The Hall–Kier alpha value is -0.866. The van der Waals surface area contributed by atoms with Gasteiger partial charge in [0, 0.05) is 0 Å². The molecule has 0 spiro atoms. The number of hydrogen-bond acceptors (Lipinski definition) is 0. The third-order valence-electron chi connectivity index (χ3n) is 1.92. The Morgan fingerprint density at radius 2 is 1.31 bits per heavy atom. The lowest BCUT2D eigenvalue weighted by Crippen LogP contribution is -2.22. The second-order valence-corrected chi connectivity index (χ2v) is 6.62. The average Bonchev–Trinajstić information content (AvgIpc) is 2.24. The van der Waals surface area contributed by atoms with Crippen molar-refractivity contribution in [3.63, 3.8) is 0 Å². The van der Waals surface area contributed by atoms with E-state index in [1.807, 2.05) is 0 Å². The van der Waals surface area contributed by atoms with E-state index >= 15 is 0 Å². The van der Waals surface area contributed by atoms with E-state index < -0.39 is 0 Å². The zero-order valence-corrected chi connectivity index (χ0v) is 12.5. The molecule has 0 fully saturated rings. The molecule has 0 aliphatic carbocycles. The summed E-state index contributed by atoms with van der Waals surface area (Å²) < 4.78 is 0. The van der Waals surface area contributed by atoms with Crippen molar-refractivity contribution in [1.29, 1.82) is 0 Å². The van der Waals surface area contributed by atoms with Crippen LogP contribution < -0.4 is 10.4 Å². The average molecular weight is 242 g/mol. The Morgan fingerprint density at radius 3 is 1.69 bits per heavy atom. The van der Waals surface area contributed by atoms with Gasteiger partial charge in [0.25, 0.3) is 0 Å². The molecule has 0 aromatic heterocycles. The maximum Gasteiger partial charge on any atom is 0.111 e. The van der Waals surface area contributed by atoms with Crippen LogP contribution in [0.5, 0.6) is 0 Å². The fourth-order valence-corrected chi connectivity index (χ4v) is 3.07. The predicted octanol–water partition coefficient (Wildman–Crippen LogP) is 2.19. The molecule has 0 aliphatic heterocycles. The quantitative estimate of drug-likeness (QED) is 0.710.